The molecule has 0 radical (unpaired) electrons. The van der Waals surface area contributed by atoms with Gasteiger partial charge in [-0.25, -0.2) is 0 Å². The molecule has 0 bridgehead atoms. The molecule has 2 unspecified atom stereocenters. The van der Waals surface area contributed by atoms with Crippen molar-refractivity contribution in [3.8, 4) is 0 Å². The second kappa shape index (κ2) is 7.11. The number of hydrogen-bond acceptors (Lipinski definition) is 1. The maximum Gasteiger partial charge on any atom is 0.000850 e. The van der Waals surface area contributed by atoms with Crippen molar-refractivity contribution >= 4 is 0 Å². The minimum atomic E-state index is 0.600. The molecule has 0 fully saturated rings. The van der Waals surface area contributed by atoms with Crippen molar-refractivity contribution in [2.24, 2.45) is 11.8 Å². The fourth-order valence-corrected chi connectivity index (χ4v) is 1.01. The van der Waals surface area contributed by atoms with Crippen LogP contribution in [-0.4, -0.2) is 13.6 Å². The van der Waals surface area contributed by atoms with E-state index in [9.17, 15) is 0 Å². The molecule has 0 spiro atoms. The summed E-state index contributed by atoms with van der Waals surface area (Å²) in [6.07, 6.45) is 7.61. The molecule has 0 aliphatic heterocycles. The molecule has 0 saturated heterocycles. The Kier molecular flexibility index (Phi) is 6.78. The van der Waals surface area contributed by atoms with Gasteiger partial charge < -0.3 is 5.32 Å². The molecule has 0 aromatic rings. The van der Waals surface area contributed by atoms with E-state index in [1.165, 1.54) is 0 Å². The van der Waals surface area contributed by atoms with Crippen molar-refractivity contribution < 1.29 is 0 Å². The molecule has 0 rings (SSSR count). The topological polar surface area (TPSA) is 12.0 Å². The molecule has 0 aliphatic carbocycles. The Hall–Kier alpha value is -0.560. The number of allylic oxidation sites excluding steroid dienone is 2. The van der Waals surface area contributed by atoms with Crippen molar-refractivity contribution in [2.75, 3.05) is 13.6 Å². The normalized spacial score (nSPS) is 16.2. The minimum Gasteiger partial charge on any atom is -0.319 e. The summed E-state index contributed by atoms with van der Waals surface area (Å²) >= 11 is 0. The van der Waals surface area contributed by atoms with E-state index in [4.69, 9.17) is 0 Å². The lowest BCUT2D eigenvalue weighted by Crippen LogP contribution is -2.14. The van der Waals surface area contributed by atoms with Crippen LogP contribution in [-0.2, 0) is 0 Å². The van der Waals surface area contributed by atoms with E-state index in [0.29, 0.717) is 11.8 Å². The van der Waals surface area contributed by atoms with Gasteiger partial charge in [0.15, 0.2) is 0 Å². The zero-order valence-electron chi connectivity index (χ0n) is 8.51. The third-order valence-electron chi connectivity index (χ3n) is 1.90. The summed E-state index contributed by atoms with van der Waals surface area (Å²) in [5, 5.41) is 3.15. The van der Waals surface area contributed by atoms with Gasteiger partial charge in [0.25, 0.3) is 0 Å². The second-order valence-electron chi connectivity index (χ2n) is 3.41. The van der Waals surface area contributed by atoms with Crippen LogP contribution < -0.4 is 5.32 Å². The summed E-state index contributed by atoms with van der Waals surface area (Å²) < 4.78 is 0. The molecule has 0 amide bonds. The molecule has 1 heteroatoms. The number of rotatable bonds is 6. The van der Waals surface area contributed by atoms with Crippen molar-refractivity contribution in [1.82, 2.24) is 5.32 Å². The van der Waals surface area contributed by atoms with Gasteiger partial charge in [0.1, 0.15) is 0 Å². The highest BCUT2D eigenvalue weighted by Gasteiger charge is 1.94. The average molecular weight is 167 g/mol. The van der Waals surface area contributed by atoms with Gasteiger partial charge in [-0.2, -0.15) is 0 Å². The van der Waals surface area contributed by atoms with Crippen LogP contribution in [0.1, 0.15) is 20.3 Å². The third kappa shape index (κ3) is 6.17. The SMILES string of the molecule is C=CC(C)C/C=C\C(C)CNC. The summed E-state index contributed by atoms with van der Waals surface area (Å²) in [7, 11) is 1.98. The second-order valence-corrected chi connectivity index (χ2v) is 3.41. The van der Waals surface area contributed by atoms with E-state index >= 15 is 0 Å². The van der Waals surface area contributed by atoms with Gasteiger partial charge in [-0.3, -0.25) is 0 Å². The van der Waals surface area contributed by atoms with Gasteiger partial charge >= 0.3 is 0 Å². The lowest BCUT2D eigenvalue weighted by Gasteiger charge is -2.04. The van der Waals surface area contributed by atoms with Crippen LogP contribution in [0.4, 0.5) is 0 Å². The quantitative estimate of drug-likeness (QED) is 0.600. The highest BCUT2D eigenvalue weighted by atomic mass is 14.8. The highest BCUT2D eigenvalue weighted by molar-refractivity contribution is 4.91. The number of nitrogens with one attached hydrogen (secondary N) is 1. The summed E-state index contributed by atoms with van der Waals surface area (Å²) in [6, 6.07) is 0. The van der Waals surface area contributed by atoms with E-state index < -0.39 is 0 Å². The fraction of sp³-hybridized carbons (Fsp3) is 0.636. The lowest BCUT2D eigenvalue weighted by atomic mass is 10.1. The van der Waals surface area contributed by atoms with Crippen molar-refractivity contribution in [3.05, 3.63) is 24.8 Å². The molecule has 2 atom stereocenters. The van der Waals surface area contributed by atoms with Crippen LogP contribution in [0, 0.1) is 11.8 Å². The third-order valence-corrected chi connectivity index (χ3v) is 1.90. The standard InChI is InChI=1S/C11H21N/c1-5-10(2)7-6-8-11(3)9-12-4/h5-6,8,10-12H,1,7,9H2,2-4H3/b8-6-. The largest absolute Gasteiger partial charge is 0.319 e. The zero-order chi connectivity index (χ0) is 9.40. The predicted molar refractivity (Wildman–Crippen MR) is 56.2 cm³/mol. The van der Waals surface area contributed by atoms with Gasteiger partial charge in [-0.05, 0) is 25.3 Å². The van der Waals surface area contributed by atoms with Crippen LogP contribution in [0.3, 0.4) is 0 Å². The maximum absolute atomic E-state index is 3.75. The first-order chi connectivity index (χ1) is 5.70. The predicted octanol–water partition coefficient (Wildman–Crippen LogP) is 2.61. The Morgan fingerprint density at radius 1 is 1.33 bits per heavy atom. The Balaban J connectivity index is 3.53. The van der Waals surface area contributed by atoms with Gasteiger partial charge in [-0.1, -0.05) is 32.1 Å². The van der Waals surface area contributed by atoms with Crippen LogP contribution >= 0.6 is 0 Å². The molecule has 0 aliphatic rings. The number of hydrogen-bond donors (Lipinski definition) is 1. The van der Waals surface area contributed by atoms with Crippen molar-refractivity contribution in [1.29, 1.82) is 0 Å². The van der Waals surface area contributed by atoms with Crippen LogP contribution in [0.5, 0.6) is 0 Å². The van der Waals surface area contributed by atoms with Gasteiger partial charge in [0.2, 0.25) is 0 Å². The molecule has 1 N–H and O–H groups in total. The molecule has 0 saturated carbocycles. The molecule has 0 heterocycles. The van der Waals surface area contributed by atoms with Gasteiger partial charge in [0.05, 0.1) is 0 Å². The summed E-state index contributed by atoms with van der Waals surface area (Å²) in [6.45, 7) is 9.20. The van der Waals surface area contributed by atoms with E-state index in [-0.39, 0.29) is 0 Å². The molecule has 0 aromatic carbocycles. The minimum absolute atomic E-state index is 0.600. The van der Waals surface area contributed by atoms with E-state index in [1.54, 1.807) is 0 Å². The summed E-state index contributed by atoms with van der Waals surface area (Å²) in [5.74, 6) is 1.23. The van der Waals surface area contributed by atoms with Crippen LogP contribution in [0.25, 0.3) is 0 Å². The Morgan fingerprint density at radius 2 is 2.00 bits per heavy atom. The smallest absolute Gasteiger partial charge is 0.000850 e. The monoisotopic (exact) mass is 167 g/mol. The first-order valence-electron chi connectivity index (χ1n) is 4.64. The first kappa shape index (κ1) is 11.4. The Labute approximate surface area is 76.6 Å². The first-order valence-corrected chi connectivity index (χ1v) is 4.64. The van der Waals surface area contributed by atoms with E-state index in [0.717, 1.165) is 13.0 Å². The summed E-state index contributed by atoms with van der Waals surface area (Å²) in [5.41, 5.74) is 0. The van der Waals surface area contributed by atoms with E-state index in [2.05, 4.69) is 37.9 Å². The van der Waals surface area contributed by atoms with Crippen LogP contribution in [0.15, 0.2) is 24.8 Å². The summed E-state index contributed by atoms with van der Waals surface area (Å²) in [4.78, 5) is 0. The molecular formula is C11H21N. The molecule has 1 nitrogen and oxygen atoms in total. The fourth-order valence-electron chi connectivity index (χ4n) is 1.01. The zero-order valence-corrected chi connectivity index (χ0v) is 8.51. The van der Waals surface area contributed by atoms with Crippen LogP contribution in [0.2, 0.25) is 0 Å². The molecule has 12 heavy (non-hydrogen) atoms. The molecular weight excluding hydrogens is 146 g/mol. The maximum atomic E-state index is 3.75. The van der Waals surface area contributed by atoms with Crippen molar-refractivity contribution in [2.45, 2.75) is 20.3 Å². The lowest BCUT2D eigenvalue weighted by molar-refractivity contribution is 0.643. The van der Waals surface area contributed by atoms with Gasteiger partial charge in [-0.15, -0.1) is 6.58 Å². The Bertz CT molecular complexity index is 138. The molecule has 70 valence electrons. The molecule has 0 aromatic heterocycles. The van der Waals surface area contributed by atoms with Gasteiger partial charge in [0, 0.05) is 6.54 Å². The Morgan fingerprint density at radius 3 is 2.50 bits per heavy atom. The highest BCUT2D eigenvalue weighted by Crippen LogP contribution is 2.05. The average Bonchev–Trinajstić information content (AvgIpc) is 2.04. The van der Waals surface area contributed by atoms with E-state index in [1.807, 2.05) is 13.1 Å². The van der Waals surface area contributed by atoms with Crippen molar-refractivity contribution in [3.63, 3.8) is 0 Å².